The molecule has 3 N–H and O–H groups in total. The number of nitrogens with zero attached hydrogens (tertiary/aromatic N) is 4. The van der Waals surface area contributed by atoms with Crippen LogP contribution in [0.4, 0.5) is 5.82 Å². The summed E-state index contributed by atoms with van der Waals surface area (Å²) in [4.78, 5) is 13.3. The Kier molecular flexibility index (Phi) is 6.13. The van der Waals surface area contributed by atoms with Crippen LogP contribution in [0.3, 0.4) is 0 Å². The maximum Gasteiger partial charge on any atom is 0.320 e. The second-order valence-electron chi connectivity index (χ2n) is 7.03. The molecule has 1 aliphatic heterocycles. The summed E-state index contributed by atoms with van der Waals surface area (Å²) in [7, 11) is 1.62. The Labute approximate surface area is 154 Å². The summed E-state index contributed by atoms with van der Waals surface area (Å²) in [5.74, 6) is 0.982. The highest BCUT2D eigenvalue weighted by Crippen LogP contribution is 2.27. The summed E-state index contributed by atoms with van der Waals surface area (Å²) in [6.07, 6.45) is 5.56. The zero-order valence-corrected chi connectivity index (χ0v) is 16.0. The number of anilines is 1. The van der Waals surface area contributed by atoms with Gasteiger partial charge in [0, 0.05) is 6.54 Å². The Morgan fingerprint density at radius 1 is 1.35 bits per heavy atom. The highest BCUT2D eigenvalue weighted by atomic mass is 16.5. The predicted molar refractivity (Wildman–Crippen MR) is 101 cm³/mol. The van der Waals surface area contributed by atoms with Gasteiger partial charge in [-0.05, 0) is 51.6 Å². The monoisotopic (exact) mass is 362 g/mol. The lowest BCUT2D eigenvalue weighted by atomic mass is 9.96. The van der Waals surface area contributed by atoms with E-state index in [1.807, 2.05) is 11.5 Å². The van der Waals surface area contributed by atoms with Gasteiger partial charge >= 0.3 is 6.01 Å². The van der Waals surface area contributed by atoms with E-state index in [2.05, 4.69) is 27.2 Å². The van der Waals surface area contributed by atoms with Gasteiger partial charge in [-0.2, -0.15) is 15.0 Å². The first kappa shape index (κ1) is 18.7. The van der Waals surface area contributed by atoms with Crippen LogP contribution in [0.1, 0.15) is 46.0 Å². The van der Waals surface area contributed by atoms with Crippen molar-refractivity contribution in [2.45, 2.75) is 58.6 Å². The molecule has 0 saturated carbocycles. The van der Waals surface area contributed by atoms with Crippen molar-refractivity contribution in [2.24, 2.45) is 5.92 Å². The van der Waals surface area contributed by atoms with Crippen molar-refractivity contribution >= 4 is 17.0 Å². The highest BCUT2D eigenvalue weighted by Gasteiger charge is 2.20. The number of rotatable bonds is 8. The number of fused-ring (bicyclic) bond motifs is 1. The van der Waals surface area contributed by atoms with Crippen LogP contribution in [0.2, 0.25) is 0 Å². The molecular weight excluding hydrogens is 332 g/mol. The molecule has 2 aromatic rings. The zero-order valence-electron chi connectivity index (χ0n) is 16.0. The van der Waals surface area contributed by atoms with E-state index in [9.17, 15) is 0 Å². The largest absolute Gasteiger partial charge is 0.468 e. The number of aromatic nitrogens is 4. The van der Waals surface area contributed by atoms with Crippen LogP contribution in [-0.4, -0.2) is 45.8 Å². The van der Waals surface area contributed by atoms with Gasteiger partial charge in [-0.1, -0.05) is 13.3 Å². The van der Waals surface area contributed by atoms with E-state index in [4.69, 9.17) is 15.2 Å². The van der Waals surface area contributed by atoms with Gasteiger partial charge in [0.05, 0.1) is 13.2 Å². The third kappa shape index (κ3) is 4.17. The minimum atomic E-state index is 0.0448. The molecule has 1 unspecified atom stereocenters. The van der Waals surface area contributed by atoms with Gasteiger partial charge in [0.1, 0.15) is 0 Å². The van der Waals surface area contributed by atoms with Gasteiger partial charge in [0.15, 0.2) is 17.0 Å². The molecule has 1 saturated heterocycles. The van der Waals surface area contributed by atoms with Gasteiger partial charge in [-0.25, -0.2) is 0 Å². The fraction of sp³-hybridized carbons (Fsp3) is 0.722. The van der Waals surface area contributed by atoms with Crippen LogP contribution in [0, 0.1) is 5.92 Å². The van der Waals surface area contributed by atoms with Gasteiger partial charge in [-0.15, -0.1) is 0 Å². The molecule has 0 spiro atoms. The quantitative estimate of drug-likeness (QED) is 0.743. The van der Waals surface area contributed by atoms with E-state index < -0.39 is 0 Å². The lowest BCUT2D eigenvalue weighted by Gasteiger charge is -2.23. The number of nitrogen functional groups attached to an aromatic ring is 1. The SMILES string of the molecule is CCC[C@H](C)Oc1nc(N)c2nc(OC)n(CCC3CCCNC3)c2n1. The normalized spacial score (nSPS) is 18.8. The maximum atomic E-state index is 6.11. The predicted octanol–water partition coefficient (Wildman–Crippen LogP) is 2.37. The summed E-state index contributed by atoms with van der Waals surface area (Å²) in [6.45, 7) is 7.11. The van der Waals surface area contributed by atoms with Gasteiger partial charge < -0.3 is 20.5 Å². The Morgan fingerprint density at radius 2 is 2.19 bits per heavy atom. The molecule has 0 bridgehead atoms. The number of aryl methyl sites for hydroxylation is 1. The Morgan fingerprint density at radius 3 is 2.88 bits per heavy atom. The van der Waals surface area contributed by atoms with Crippen LogP contribution in [0.5, 0.6) is 12.0 Å². The van der Waals surface area contributed by atoms with Gasteiger partial charge in [-0.3, -0.25) is 4.57 Å². The Balaban J connectivity index is 1.85. The van der Waals surface area contributed by atoms with Crippen LogP contribution >= 0.6 is 0 Å². The summed E-state index contributed by atoms with van der Waals surface area (Å²) in [5, 5.41) is 3.46. The number of nitrogens with two attached hydrogens (primary N) is 1. The molecule has 8 heteroatoms. The van der Waals surface area contributed by atoms with Crippen molar-refractivity contribution < 1.29 is 9.47 Å². The Bertz CT molecular complexity index is 726. The standard InChI is InChI=1S/C18H30N6O2/c1-4-6-12(2)26-17-22-15(19)14-16(23-17)24(18(21-14)25-3)10-8-13-7-5-9-20-11-13/h12-13,20H,4-11H2,1-3H3,(H2,19,22,23)/t12-,13?/m0/s1. The molecule has 1 aliphatic rings. The van der Waals surface area contributed by atoms with Crippen molar-refractivity contribution in [2.75, 3.05) is 25.9 Å². The van der Waals surface area contributed by atoms with E-state index >= 15 is 0 Å². The first-order valence-corrected chi connectivity index (χ1v) is 9.57. The molecule has 26 heavy (non-hydrogen) atoms. The fourth-order valence-corrected chi connectivity index (χ4v) is 3.52. The van der Waals surface area contributed by atoms with E-state index in [1.165, 1.54) is 12.8 Å². The van der Waals surface area contributed by atoms with E-state index in [0.29, 0.717) is 34.9 Å². The van der Waals surface area contributed by atoms with Gasteiger partial charge in [0.2, 0.25) is 0 Å². The van der Waals surface area contributed by atoms with Crippen molar-refractivity contribution in [3.8, 4) is 12.0 Å². The molecule has 3 rings (SSSR count). The van der Waals surface area contributed by atoms with Crippen LogP contribution in [-0.2, 0) is 6.54 Å². The lowest BCUT2D eigenvalue weighted by molar-refractivity contribution is 0.193. The van der Waals surface area contributed by atoms with Crippen molar-refractivity contribution in [1.29, 1.82) is 0 Å². The number of imidazole rings is 1. The molecule has 0 radical (unpaired) electrons. The number of hydrogen-bond donors (Lipinski definition) is 2. The molecule has 2 atom stereocenters. The molecule has 0 aromatic carbocycles. The first-order valence-electron chi connectivity index (χ1n) is 9.57. The third-order valence-electron chi connectivity index (χ3n) is 4.91. The van der Waals surface area contributed by atoms with Crippen molar-refractivity contribution in [1.82, 2.24) is 24.8 Å². The average molecular weight is 362 g/mol. The van der Waals surface area contributed by atoms with Gasteiger partial charge in [0.25, 0.3) is 6.01 Å². The zero-order chi connectivity index (χ0) is 18.5. The smallest absolute Gasteiger partial charge is 0.320 e. The number of ether oxygens (including phenoxy) is 2. The molecule has 8 nitrogen and oxygen atoms in total. The lowest BCUT2D eigenvalue weighted by Crippen LogP contribution is -2.30. The number of piperidine rings is 1. The summed E-state index contributed by atoms with van der Waals surface area (Å²) < 4.78 is 13.3. The minimum absolute atomic E-state index is 0.0448. The molecule has 1 fully saturated rings. The van der Waals surface area contributed by atoms with Crippen LogP contribution in [0.15, 0.2) is 0 Å². The van der Waals surface area contributed by atoms with E-state index in [-0.39, 0.29) is 6.10 Å². The number of hydrogen-bond acceptors (Lipinski definition) is 7. The summed E-state index contributed by atoms with van der Waals surface area (Å²) in [6, 6.07) is 0.822. The first-order chi connectivity index (χ1) is 12.6. The highest BCUT2D eigenvalue weighted by molar-refractivity contribution is 5.83. The maximum absolute atomic E-state index is 6.11. The van der Waals surface area contributed by atoms with Crippen molar-refractivity contribution in [3.05, 3.63) is 0 Å². The number of methoxy groups -OCH3 is 1. The average Bonchev–Trinajstić information content (AvgIpc) is 2.99. The topological polar surface area (TPSA) is 100 Å². The molecule has 0 amide bonds. The molecule has 3 heterocycles. The van der Waals surface area contributed by atoms with E-state index in [1.54, 1.807) is 7.11 Å². The molecule has 0 aliphatic carbocycles. The fourth-order valence-electron chi connectivity index (χ4n) is 3.52. The molecule has 2 aromatic heterocycles. The van der Waals surface area contributed by atoms with Crippen LogP contribution in [0.25, 0.3) is 11.2 Å². The van der Waals surface area contributed by atoms with Crippen molar-refractivity contribution in [3.63, 3.8) is 0 Å². The van der Waals surface area contributed by atoms with Crippen LogP contribution < -0.4 is 20.5 Å². The number of nitrogens with one attached hydrogen (secondary N) is 1. The summed E-state index contributed by atoms with van der Waals surface area (Å²) in [5.41, 5.74) is 7.36. The molecule has 144 valence electrons. The molecular formula is C18H30N6O2. The third-order valence-corrected chi connectivity index (χ3v) is 4.91. The second kappa shape index (κ2) is 8.53. The summed E-state index contributed by atoms with van der Waals surface area (Å²) >= 11 is 0. The second-order valence-corrected chi connectivity index (χ2v) is 7.03. The minimum Gasteiger partial charge on any atom is -0.468 e. The Hall–Kier alpha value is -2.09. The van der Waals surface area contributed by atoms with E-state index in [0.717, 1.165) is 38.9 Å².